The summed E-state index contributed by atoms with van der Waals surface area (Å²) in [5, 5.41) is 2.66. The van der Waals surface area contributed by atoms with Crippen LogP contribution < -0.4 is 15.0 Å². The van der Waals surface area contributed by atoms with Crippen molar-refractivity contribution in [1.29, 1.82) is 0 Å². The monoisotopic (exact) mass is 476 g/mol. The minimum absolute atomic E-state index is 0.00780. The maximum Gasteiger partial charge on any atom is 0.270 e. The number of carbonyl (C=O) groups excluding carboxylic acids is 2. The summed E-state index contributed by atoms with van der Waals surface area (Å²) in [4.78, 5) is 27.3. The van der Waals surface area contributed by atoms with Gasteiger partial charge < -0.3 is 4.74 Å². The number of hydrogen-bond acceptors (Lipinski definition) is 4. The van der Waals surface area contributed by atoms with E-state index in [2.05, 4.69) is 5.32 Å². The molecule has 1 aliphatic heterocycles. The van der Waals surface area contributed by atoms with E-state index >= 15 is 0 Å². The van der Waals surface area contributed by atoms with E-state index in [1.54, 1.807) is 30.3 Å². The van der Waals surface area contributed by atoms with Gasteiger partial charge in [-0.2, -0.15) is 0 Å². The summed E-state index contributed by atoms with van der Waals surface area (Å²) in [6, 6.07) is 34.0. The molecule has 0 atom stereocenters. The summed E-state index contributed by atoms with van der Waals surface area (Å²) in [5.74, 6) is 0.318. The highest BCUT2D eigenvalue weighted by Crippen LogP contribution is 2.27. The molecule has 5 rings (SSSR count). The molecule has 1 N–H and O–H groups in total. The molecule has 0 aromatic heterocycles. The molecule has 0 aliphatic carbocycles. The van der Waals surface area contributed by atoms with Crippen LogP contribution >= 0.6 is 12.2 Å². The zero-order chi connectivity index (χ0) is 24.2. The topological polar surface area (TPSA) is 58.6 Å². The number of hydrogen-bond donors (Lipinski definition) is 1. The maximum absolute atomic E-state index is 13.4. The third-order valence-electron chi connectivity index (χ3n) is 5.48. The Bertz CT molecular complexity index is 1430. The Kier molecular flexibility index (Phi) is 6.20. The lowest BCUT2D eigenvalue weighted by Gasteiger charge is -2.29. The molecule has 0 saturated carbocycles. The minimum Gasteiger partial charge on any atom is -0.457 e. The maximum atomic E-state index is 13.4. The van der Waals surface area contributed by atoms with Crippen LogP contribution in [0.5, 0.6) is 11.5 Å². The number of amides is 2. The van der Waals surface area contributed by atoms with Gasteiger partial charge in [0.2, 0.25) is 0 Å². The van der Waals surface area contributed by atoms with Crippen molar-refractivity contribution in [1.82, 2.24) is 5.32 Å². The van der Waals surface area contributed by atoms with Crippen molar-refractivity contribution in [2.75, 3.05) is 4.90 Å². The molecule has 0 spiro atoms. The van der Waals surface area contributed by atoms with E-state index in [0.717, 1.165) is 16.7 Å². The fraction of sp³-hybridized carbons (Fsp3) is 0. The molecule has 0 bridgehead atoms. The number of rotatable bonds is 5. The zero-order valence-electron chi connectivity index (χ0n) is 18.5. The zero-order valence-corrected chi connectivity index (χ0v) is 19.4. The molecule has 2 amide bonds. The summed E-state index contributed by atoms with van der Waals surface area (Å²) in [5.41, 5.74) is 3.32. The molecule has 0 radical (unpaired) electrons. The van der Waals surface area contributed by atoms with Gasteiger partial charge in [-0.1, -0.05) is 66.7 Å². The van der Waals surface area contributed by atoms with Gasteiger partial charge in [-0.3, -0.25) is 19.8 Å². The van der Waals surface area contributed by atoms with Gasteiger partial charge >= 0.3 is 0 Å². The molecule has 1 fully saturated rings. The predicted molar refractivity (Wildman–Crippen MR) is 141 cm³/mol. The number of carbonyl (C=O) groups is 2. The van der Waals surface area contributed by atoms with Crippen LogP contribution in [-0.2, 0) is 9.59 Å². The van der Waals surface area contributed by atoms with Gasteiger partial charge in [0, 0.05) is 0 Å². The Hall–Kier alpha value is -4.55. The van der Waals surface area contributed by atoms with Crippen LogP contribution in [-0.4, -0.2) is 16.9 Å². The largest absolute Gasteiger partial charge is 0.457 e. The van der Waals surface area contributed by atoms with E-state index in [1.807, 2.05) is 84.9 Å². The fourth-order valence-electron chi connectivity index (χ4n) is 3.79. The molecule has 5 nitrogen and oxygen atoms in total. The smallest absolute Gasteiger partial charge is 0.270 e. The van der Waals surface area contributed by atoms with Crippen molar-refractivity contribution in [2.24, 2.45) is 0 Å². The SMILES string of the molecule is O=C1NC(=S)N(c2ccc(Oc3ccccc3)cc2)C(=O)C1=Cc1cccc(-c2ccccc2)c1. The van der Waals surface area contributed by atoms with Crippen LogP contribution in [0.25, 0.3) is 17.2 Å². The normalized spacial score (nSPS) is 14.7. The van der Waals surface area contributed by atoms with E-state index in [9.17, 15) is 9.59 Å². The van der Waals surface area contributed by atoms with Crippen molar-refractivity contribution < 1.29 is 14.3 Å². The first kappa shape index (κ1) is 22.3. The highest BCUT2D eigenvalue weighted by molar-refractivity contribution is 7.80. The molecular formula is C29H20N2O3S. The average Bonchev–Trinajstić information content (AvgIpc) is 2.89. The second-order valence-corrected chi connectivity index (χ2v) is 8.25. The Labute approximate surface area is 208 Å². The van der Waals surface area contributed by atoms with Crippen molar-refractivity contribution in [3.05, 3.63) is 120 Å². The first-order chi connectivity index (χ1) is 17.1. The van der Waals surface area contributed by atoms with Crippen LogP contribution in [0, 0.1) is 0 Å². The van der Waals surface area contributed by atoms with E-state index in [0.29, 0.717) is 17.2 Å². The number of para-hydroxylation sites is 1. The van der Waals surface area contributed by atoms with Crippen molar-refractivity contribution in [2.45, 2.75) is 0 Å². The summed E-state index contributed by atoms with van der Waals surface area (Å²) in [7, 11) is 0. The van der Waals surface area contributed by atoms with Crippen LogP contribution in [0.1, 0.15) is 5.56 Å². The predicted octanol–water partition coefficient (Wildman–Crippen LogP) is 5.98. The highest BCUT2D eigenvalue weighted by atomic mass is 32.1. The minimum atomic E-state index is -0.523. The Morgan fingerprint density at radius 2 is 1.34 bits per heavy atom. The van der Waals surface area contributed by atoms with E-state index < -0.39 is 11.8 Å². The summed E-state index contributed by atoms with van der Waals surface area (Å²) in [6.45, 7) is 0. The number of thiocarbonyl (C=S) groups is 1. The quantitative estimate of drug-likeness (QED) is 0.219. The molecular weight excluding hydrogens is 456 g/mol. The molecule has 1 heterocycles. The van der Waals surface area contributed by atoms with Gasteiger partial charge in [-0.05, 0) is 77.4 Å². The second kappa shape index (κ2) is 9.75. The van der Waals surface area contributed by atoms with Crippen molar-refractivity contribution >= 4 is 40.9 Å². The third kappa shape index (κ3) is 4.88. The average molecular weight is 477 g/mol. The van der Waals surface area contributed by atoms with Crippen LogP contribution in [0.3, 0.4) is 0 Å². The molecule has 6 heteroatoms. The van der Waals surface area contributed by atoms with Crippen molar-refractivity contribution in [3.8, 4) is 22.6 Å². The van der Waals surface area contributed by atoms with Gasteiger partial charge in [0.25, 0.3) is 11.8 Å². The first-order valence-electron chi connectivity index (χ1n) is 11.0. The number of anilines is 1. The number of ether oxygens (including phenoxy) is 1. The van der Waals surface area contributed by atoms with Gasteiger partial charge in [0.05, 0.1) is 5.69 Å². The molecule has 35 heavy (non-hydrogen) atoms. The third-order valence-corrected chi connectivity index (χ3v) is 5.76. The van der Waals surface area contributed by atoms with Crippen LogP contribution in [0.2, 0.25) is 0 Å². The lowest BCUT2D eigenvalue weighted by Crippen LogP contribution is -2.54. The first-order valence-corrected chi connectivity index (χ1v) is 11.4. The van der Waals surface area contributed by atoms with Crippen LogP contribution in [0.15, 0.2) is 115 Å². The Morgan fingerprint density at radius 1 is 0.714 bits per heavy atom. The Balaban J connectivity index is 1.41. The van der Waals surface area contributed by atoms with Crippen LogP contribution in [0.4, 0.5) is 5.69 Å². The molecule has 170 valence electrons. The van der Waals surface area contributed by atoms with Crippen molar-refractivity contribution in [3.63, 3.8) is 0 Å². The second-order valence-electron chi connectivity index (χ2n) is 7.86. The van der Waals surface area contributed by atoms with Gasteiger partial charge in [0.15, 0.2) is 5.11 Å². The molecule has 0 unspecified atom stereocenters. The van der Waals surface area contributed by atoms with Gasteiger partial charge in [-0.25, -0.2) is 0 Å². The molecule has 1 aliphatic rings. The fourth-order valence-corrected chi connectivity index (χ4v) is 4.07. The van der Waals surface area contributed by atoms with Gasteiger partial charge in [0.1, 0.15) is 17.1 Å². The molecule has 4 aromatic rings. The number of nitrogens with zero attached hydrogens (tertiary/aromatic N) is 1. The van der Waals surface area contributed by atoms with Gasteiger partial charge in [-0.15, -0.1) is 0 Å². The van der Waals surface area contributed by atoms with E-state index in [1.165, 1.54) is 4.90 Å². The summed E-state index contributed by atoms with van der Waals surface area (Å²) >= 11 is 5.32. The molecule has 1 saturated heterocycles. The van der Waals surface area contributed by atoms with E-state index in [4.69, 9.17) is 17.0 Å². The standard InChI is InChI=1S/C29H20N2O3S/c32-27-26(19-20-8-7-11-22(18-20)21-9-3-1-4-10-21)28(33)31(29(35)30-27)23-14-16-25(17-15-23)34-24-12-5-2-6-13-24/h1-19H,(H,30,32,35). The molecule has 4 aromatic carbocycles. The lowest BCUT2D eigenvalue weighted by atomic mass is 10.0. The van der Waals surface area contributed by atoms with E-state index in [-0.39, 0.29) is 10.7 Å². The number of benzene rings is 4. The Morgan fingerprint density at radius 3 is 2.06 bits per heavy atom. The summed E-state index contributed by atoms with van der Waals surface area (Å²) < 4.78 is 5.82. The highest BCUT2D eigenvalue weighted by Gasteiger charge is 2.34. The lowest BCUT2D eigenvalue weighted by molar-refractivity contribution is -0.122. The number of nitrogens with one attached hydrogen (secondary N) is 1. The summed E-state index contributed by atoms with van der Waals surface area (Å²) in [6.07, 6.45) is 1.59.